The van der Waals surface area contributed by atoms with Crippen molar-refractivity contribution in [2.75, 3.05) is 26.2 Å². The predicted molar refractivity (Wildman–Crippen MR) is 80.2 cm³/mol. The number of hydrogen-bond acceptors (Lipinski definition) is 3. The minimum Gasteiger partial charge on any atom is -0.494 e. The summed E-state index contributed by atoms with van der Waals surface area (Å²) < 4.78 is 5.60. The molecule has 4 heteroatoms. The Hall–Kier alpha value is -1.55. The zero-order valence-electron chi connectivity index (χ0n) is 12.4. The van der Waals surface area contributed by atoms with Crippen LogP contribution in [0.25, 0.3) is 0 Å². The van der Waals surface area contributed by atoms with Crippen LogP contribution in [0.3, 0.4) is 0 Å². The van der Waals surface area contributed by atoms with Crippen LogP contribution in [-0.4, -0.2) is 43.1 Å². The monoisotopic (exact) mass is 276 g/mol. The molecule has 0 unspecified atom stereocenters. The van der Waals surface area contributed by atoms with Crippen molar-refractivity contribution in [3.63, 3.8) is 0 Å². The molecule has 1 aromatic rings. The van der Waals surface area contributed by atoms with Gasteiger partial charge in [0.05, 0.1) is 12.6 Å². The molecular formula is C16H24N2O2. The third kappa shape index (κ3) is 3.51. The fourth-order valence-corrected chi connectivity index (χ4v) is 2.29. The second kappa shape index (κ2) is 7.29. The molecule has 2 rings (SSSR count). The first kappa shape index (κ1) is 14.9. The Bertz CT molecular complexity index is 444. The lowest BCUT2D eigenvalue weighted by Crippen LogP contribution is -2.59. The van der Waals surface area contributed by atoms with Crippen molar-refractivity contribution < 1.29 is 9.53 Å². The molecule has 0 spiro atoms. The van der Waals surface area contributed by atoms with E-state index in [1.54, 1.807) is 0 Å². The lowest BCUT2D eigenvalue weighted by Gasteiger charge is -2.38. The number of carbonyl (C=O) groups is 1. The smallest absolute Gasteiger partial charge is 0.254 e. The molecule has 0 aromatic heterocycles. The summed E-state index contributed by atoms with van der Waals surface area (Å²) >= 11 is 0. The van der Waals surface area contributed by atoms with E-state index in [-0.39, 0.29) is 5.91 Å². The van der Waals surface area contributed by atoms with Gasteiger partial charge in [0, 0.05) is 25.2 Å². The summed E-state index contributed by atoms with van der Waals surface area (Å²) in [6.45, 7) is 7.47. The van der Waals surface area contributed by atoms with Gasteiger partial charge in [-0.1, -0.05) is 19.9 Å². The Morgan fingerprint density at radius 3 is 2.75 bits per heavy atom. The average molecular weight is 276 g/mol. The Morgan fingerprint density at radius 1 is 1.35 bits per heavy atom. The SMILES string of the molecule is CCCOc1cccc(C(=O)N(CCC)C2CNC2)c1. The second-order valence-corrected chi connectivity index (χ2v) is 5.19. The Kier molecular flexibility index (Phi) is 5.41. The lowest BCUT2D eigenvalue weighted by molar-refractivity contribution is 0.0615. The van der Waals surface area contributed by atoms with Crippen LogP contribution in [0.2, 0.25) is 0 Å². The van der Waals surface area contributed by atoms with Crippen LogP contribution in [0.15, 0.2) is 24.3 Å². The molecule has 0 atom stereocenters. The van der Waals surface area contributed by atoms with E-state index >= 15 is 0 Å². The molecule has 0 radical (unpaired) electrons. The summed E-state index contributed by atoms with van der Waals surface area (Å²) in [5, 5.41) is 3.23. The molecule has 1 aromatic carbocycles. The van der Waals surface area contributed by atoms with Crippen molar-refractivity contribution >= 4 is 5.91 Å². The van der Waals surface area contributed by atoms with E-state index in [4.69, 9.17) is 4.74 Å². The van der Waals surface area contributed by atoms with Crippen molar-refractivity contribution in [3.05, 3.63) is 29.8 Å². The van der Waals surface area contributed by atoms with Crippen molar-refractivity contribution in [3.8, 4) is 5.75 Å². The zero-order valence-corrected chi connectivity index (χ0v) is 12.4. The highest BCUT2D eigenvalue weighted by Crippen LogP contribution is 2.17. The van der Waals surface area contributed by atoms with Gasteiger partial charge in [-0.15, -0.1) is 0 Å². The van der Waals surface area contributed by atoms with E-state index in [0.29, 0.717) is 12.6 Å². The van der Waals surface area contributed by atoms with Gasteiger partial charge in [-0.2, -0.15) is 0 Å². The number of amides is 1. The van der Waals surface area contributed by atoms with Gasteiger partial charge in [0.2, 0.25) is 0 Å². The van der Waals surface area contributed by atoms with Crippen LogP contribution in [0.5, 0.6) is 5.75 Å². The average Bonchev–Trinajstić information content (AvgIpc) is 2.42. The fourth-order valence-electron chi connectivity index (χ4n) is 2.29. The number of nitrogens with zero attached hydrogens (tertiary/aromatic N) is 1. The molecule has 110 valence electrons. The van der Waals surface area contributed by atoms with Crippen LogP contribution in [-0.2, 0) is 0 Å². The second-order valence-electron chi connectivity index (χ2n) is 5.19. The molecule has 1 aliphatic rings. The lowest BCUT2D eigenvalue weighted by atomic mass is 10.1. The highest BCUT2D eigenvalue weighted by Gasteiger charge is 2.28. The van der Waals surface area contributed by atoms with Crippen molar-refractivity contribution in [2.24, 2.45) is 0 Å². The molecule has 1 fully saturated rings. The number of rotatable bonds is 7. The summed E-state index contributed by atoms with van der Waals surface area (Å²) in [4.78, 5) is 14.6. The predicted octanol–water partition coefficient (Wildman–Crippen LogP) is 2.30. The van der Waals surface area contributed by atoms with Crippen molar-refractivity contribution in [1.29, 1.82) is 0 Å². The number of nitrogens with one attached hydrogen (secondary N) is 1. The molecule has 1 saturated heterocycles. The first-order chi connectivity index (χ1) is 9.76. The maximum absolute atomic E-state index is 12.6. The molecule has 1 heterocycles. The van der Waals surface area contributed by atoms with Gasteiger partial charge in [-0.25, -0.2) is 0 Å². The third-order valence-electron chi connectivity index (χ3n) is 3.48. The molecule has 0 bridgehead atoms. The van der Waals surface area contributed by atoms with Gasteiger partial charge < -0.3 is 15.0 Å². The minimum atomic E-state index is 0.111. The van der Waals surface area contributed by atoms with Crippen molar-refractivity contribution in [2.45, 2.75) is 32.7 Å². The van der Waals surface area contributed by atoms with E-state index in [9.17, 15) is 4.79 Å². The quantitative estimate of drug-likeness (QED) is 0.831. The zero-order chi connectivity index (χ0) is 14.4. The number of hydrogen-bond donors (Lipinski definition) is 1. The highest BCUT2D eigenvalue weighted by molar-refractivity contribution is 5.95. The molecule has 0 saturated carbocycles. The first-order valence-corrected chi connectivity index (χ1v) is 7.50. The normalized spacial score (nSPS) is 14.7. The molecule has 20 heavy (non-hydrogen) atoms. The van der Waals surface area contributed by atoms with Gasteiger partial charge in [0.1, 0.15) is 5.75 Å². The molecule has 1 N–H and O–H groups in total. The summed E-state index contributed by atoms with van der Waals surface area (Å²) in [5.41, 5.74) is 0.721. The molecule has 1 aliphatic heterocycles. The maximum Gasteiger partial charge on any atom is 0.254 e. The van der Waals surface area contributed by atoms with Gasteiger partial charge in [0.25, 0.3) is 5.91 Å². The molecule has 1 amide bonds. The Labute approximate surface area is 121 Å². The standard InChI is InChI=1S/C16H24N2O2/c1-3-8-18(14-11-17-12-14)16(19)13-6-5-7-15(10-13)20-9-4-2/h5-7,10,14,17H,3-4,8-9,11-12H2,1-2H3. The van der Waals surface area contributed by atoms with Crippen LogP contribution in [0.4, 0.5) is 0 Å². The van der Waals surface area contributed by atoms with E-state index < -0.39 is 0 Å². The van der Waals surface area contributed by atoms with Crippen LogP contribution in [0.1, 0.15) is 37.0 Å². The van der Waals surface area contributed by atoms with Gasteiger partial charge in [-0.05, 0) is 31.0 Å². The first-order valence-electron chi connectivity index (χ1n) is 7.50. The Balaban J connectivity index is 2.09. The van der Waals surface area contributed by atoms with E-state index in [1.807, 2.05) is 29.2 Å². The minimum absolute atomic E-state index is 0.111. The van der Waals surface area contributed by atoms with Gasteiger partial charge in [0.15, 0.2) is 0 Å². The highest BCUT2D eigenvalue weighted by atomic mass is 16.5. The number of carbonyl (C=O) groups excluding carboxylic acids is 1. The summed E-state index contributed by atoms with van der Waals surface area (Å²) in [6.07, 6.45) is 1.95. The fraction of sp³-hybridized carbons (Fsp3) is 0.562. The topological polar surface area (TPSA) is 41.6 Å². The number of ether oxygens (including phenoxy) is 1. The molecular weight excluding hydrogens is 252 g/mol. The summed E-state index contributed by atoms with van der Waals surface area (Å²) in [7, 11) is 0. The van der Waals surface area contributed by atoms with Gasteiger partial charge >= 0.3 is 0 Å². The van der Waals surface area contributed by atoms with Crippen LogP contribution in [0, 0.1) is 0 Å². The maximum atomic E-state index is 12.6. The largest absolute Gasteiger partial charge is 0.494 e. The van der Waals surface area contributed by atoms with E-state index in [0.717, 1.165) is 43.8 Å². The van der Waals surface area contributed by atoms with Crippen LogP contribution >= 0.6 is 0 Å². The Morgan fingerprint density at radius 2 is 2.15 bits per heavy atom. The van der Waals surface area contributed by atoms with Crippen LogP contribution < -0.4 is 10.1 Å². The molecule has 0 aliphatic carbocycles. The molecule has 4 nitrogen and oxygen atoms in total. The van der Waals surface area contributed by atoms with Gasteiger partial charge in [-0.3, -0.25) is 4.79 Å². The summed E-state index contributed by atoms with van der Waals surface area (Å²) in [6, 6.07) is 7.86. The van der Waals surface area contributed by atoms with E-state index in [1.165, 1.54) is 0 Å². The van der Waals surface area contributed by atoms with Crippen molar-refractivity contribution in [1.82, 2.24) is 10.2 Å². The number of benzene rings is 1. The summed E-state index contributed by atoms with van der Waals surface area (Å²) in [5.74, 6) is 0.890. The third-order valence-corrected chi connectivity index (χ3v) is 3.48. The van der Waals surface area contributed by atoms with E-state index in [2.05, 4.69) is 19.2 Å².